The molecule has 0 aliphatic carbocycles. The molecule has 1 atom stereocenters. The highest BCUT2D eigenvalue weighted by molar-refractivity contribution is 7.92. The van der Waals surface area contributed by atoms with E-state index in [-0.39, 0.29) is 5.91 Å². The molecule has 4 aromatic rings. The predicted molar refractivity (Wildman–Crippen MR) is 153 cm³/mol. The molecule has 0 bridgehead atoms. The molecule has 3 N–H and O–H groups in total. The zero-order valence-electron chi connectivity index (χ0n) is 21.9. The van der Waals surface area contributed by atoms with E-state index in [1.165, 1.54) is 7.11 Å². The van der Waals surface area contributed by atoms with E-state index in [0.29, 0.717) is 46.5 Å². The van der Waals surface area contributed by atoms with Crippen molar-refractivity contribution in [2.24, 2.45) is 0 Å². The van der Waals surface area contributed by atoms with E-state index in [1.807, 2.05) is 48.5 Å². The number of carbonyl (C=O) groups excluding carboxylic acids is 1. The van der Waals surface area contributed by atoms with Crippen LogP contribution >= 0.6 is 0 Å². The minimum absolute atomic E-state index is 0.207. The lowest BCUT2D eigenvalue weighted by atomic mass is 10.1. The number of amides is 1. The molecule has 0 radical (unpaired) electrons. The zero-order chi connectivity index (χ0) is 27.6. The number of pyridine rings is 1. The van der Waals surface area contributed by atoms with Crippen LogP contribution in [0.5, 0.6) is 17.2 Å². The summed E-state index contributed by atoms with van der Waals surface area (Å²) in [6, 6.07) is 21.8. The summed E-state index contributed by atoms with van der Waals surface area (Å²) in [5, 5.41) is 6.15. The molecule has 9 nitrogen and oxygen atoms in total. The Morgan fingerprint density at radius 2 is 1.62 bits per heavy atom. The fourth-order valence-electron chi connectivity index (χ4n) is 3.85. The normalized spacial score (nSPS) is 11.3. The number of anilines is 2. The molecule has 4 rings (SSSR count). The number of carbonyl (C=O) groups is 1. The van der Waals surface area contributed by atoms with Crippen LogP contribution in [0, 0.1) is 0 Å². The summed E-state index contributed by atoms with van der Waals surface area (Å²) in [6.07, 6.45) is 3.35. The molecule has 0 saturated heterocycles. The number of hydrogen-bond acceptors (Lipinski definition) is 8. The molecule has 1 amide bonds. The number of aromatic nitrogens is 1. The van der Waals surface area contributed by atoms with Crippen LogP contribution in [0.1, 0.15) is 10.4 Å². The summed E-state index contributed by atoms with van der Waals surface area (Å²) in [4.78, 5) is 17.2. The summed E-state index contributed by atoms with van der Waals surface area (Å²) >= 11 is -1.61. The van der Waals surface area contributed by atoms with E-state index in [4.69, 9.17) is 14.2 Å². The van der Waals surface area contributed by atoms with Crippen molar-refractivity contribution in [2.75, 3.05) is 44.5 Å². The number of rotatable bonds is 12. The van der Waals surface area contributed by atoms with Gasteiger partial charge in [0.1, 0.15) is 22.9 Å². The van der Waals surface area contributed by atoms with Crippen LogP contribution in [0.25, 0.3) is 11.1 Å². The van der Waals surface area contributed by atoms with Gasteiger partial charge in [-0.05, 0) is 48.0 Å². The van der Waals surface area contributed by atoms with Crippen molar-refractivity contribution in [2.45, 2.75) is 4.90 Å². The van der Waals surface area contributed by atoms with Gasteiger partial charge in [0.2, 0.25) is 4.90 Å². The highest BCUT2D eigenvalue weighted by atomic mass is 32.2. The maximum Gasteiger partial charge on any atom is 0.255 e. The standard InChI is InChI=1S/C29H30N4O5S/c1-36-24-15-21(18-30-19-24)20-11-12-27(38-3)28(16-20)39(35)33-23-8-6-7-22(17-23)31-13-14-32-29(34)25-9-4-5-10-26(25)37-2/h4-12,15-19,31,33H,13-14H2,1-3H3,(H,32,34). The van der Waals surface area contributed by atoms with Gasteiger partial charge in [-0.3, -0.25) is 9.78 Å². The SMILES string of the molecule is COc1cncc(-c2ccc(OC)c([S+]([O-])Nc3cccc(NCCNC(=O)c4ccccc4OC)c3)c2)c1. The van der Waals surface area contributed by atoms with Crippen LogP contribution in [-0.4, -0.2) is 49.9 Å². The quantitative estimate of drug-likeness (QED) is 0.172. The van der Waals surface area contributed by atoms with E-state index in [9.17, 15) is 9.35 Å². The first-order chi connectivity index (χ1) is 19.0. The molecular weight excluding hydrogens is 516 g/mol. The van der Waals surface area contributed by atoms with Crippen molar-refractivity contribution >= 4 is 28.6 Å². The lowest BCUT2D eigenvalue weighted by Gasteiger charge is -2.16. The maximum atomic E-state index is 13.3. The predicted octanol–water partition coefficient (Wildman–Crippen LogP) is 4.75. The lowest BCUT2D eigenvalue weighted by molar-refractivity contribution is 0.0952. The fraction of sp³-hybridized carbons (Fsp3) is 0.172. The summed E-state index contributed by atoms with van der Waals surface area (Å²) in [7, 11) is 4.66. The molecule has 0 aliphatic heterocycles. The Labute approximate surface area is 230 Å². The number of benzene rings is 3. The van der Waals surface area contributed by atoms with Gasteiger partial charge in [-0.1, -0.05) is 24.3 Å². The number of nitrogens with one attached hydrogen (secondary N) is 3. The van der Waals surface area contributed by atoms with E-state index in [1.54, 1.807) is 50.9 Å². The molecule has 1 unspecified atom stereocenters. The maximum absolute atomic E-state index is 13.3. The molecule has 0 spiro atoms. The topological polar surface area (TPSA) is 117 Å². The molecule has 202 valence electrons. The summed E-state index contributed by atoms with van der Waals surface area (Å²) in [5.74, 6) is 1.45. The molecular formula is C29H30N4O5S. The van der Waals surface area contributed by atoms with Gasteiger partial charge in [-0.15, -0.1) is 0 Å². The van der Waals surface area contributed by atoms with Crippen molar-refractivity contribution in [3.8, 4) is 28.4 Å². The van der Waals surface area contributed by atoms with Gasteiger partial charge in [-0.25, -0.2) is 4.72 Å². The minimum Gasteiger partial charge on any atom is -0.588 e. The van der Waals surface area contributed by atoms with Crippen molar-refractivity contribution in [3.63, 3.8) is 0 Å². The van der Waals surface area contributed by atoms with Crippen molar-refractivity contribution in [1.29, 1.82) is 0 Å². The fourth-order valence-corrected chi connectivity index (χ4v) is 4.87. The smallest absolute Gasteiger partial charge is 0.255 e. The van der Waals surface area contributed by atoms with Crippen LogP contribution in [-0.2, 0) is 11.4 Å². The third-order valence-corrected chi connectivity index (χ3v) is 6.95. The van der Waals surface area contributed by atoms with Crippen molar-refractivity contribution in [3.05, 3.63) is 90.8 Å². The lowest BCUT2D eigenvalue weighted by Crippen LogP contribution is -2.29. The number of methoxy groups -OCH3 is 3. The van der Waals surface area contributed by atoms with E-state index in [0.717, 1.165) is 16.8 Å². The molecule has 1 aromatic heterocycles. The summed E-state index contributed by atoms with van der Waals surface area (Å²) < 4.78 is 32.4. The largest absolute Gasteiger partial charge is 0.588 e. The molecule has 0 saturated carbocycles. The number of hydrogen-bond donors (Lipinski definition) is 3. The molecule has 39 heavy (non-hydrogen) atoms. The molecule has 1 heterocycles. The highest BCUT2D eigenvalue weighted by Gasteiger charge is 2.20. The summed E-state index contributed by atoms with van der Waals surface area (Å²) in [6.45, 7) is 0.904. The van der Waals surface area contributed by atoms with Gasteiger partial charge >= 0.3 is 0 Å². The first-order valence-electron chi connectivity index (χ1n) is 12.1. The Kier molecular flexibility index (Phi) is 9.49. The second-order valence-electron chi connectivity index (χ2n) is 8.31. The van der Waals surface area contributed by atoms with Gasteiger partial charge in [0.25, 0.3) is 5.91 Å². The number of nitrogens with zero attached hydrogens (tertiary/aromatic N) is 1. The molecule has 3 aromatic carbocycles. The number of para-hydroxylation sites is 1. The van der Waals surface area contributed by atoms with Gasteiger partial charge in [0.15, 0.2) is 5.75 Å². The Morgan fingerprint density at radius 1 is 0.821 bits per heavy atom. The van der Waals surface area contributed by atoms with Gasteiger partial charge in [-0.2, -0.15) is 0 Å². The Hall–Kier alpha value is -4.41. The van der Waals surface area contributed by atoms with Gasteiger partial charge in [0, 0.05) is 36.6 Å². The molecule has 0 fully saturated rings. The van der Waals surface area contributed by atoms with Crippen molar-refractivity contribution < 1.29 is 23.6 Å². The van der Waals surface area contributed by atoms with E-state index < -0.39 is 11.4 Å². The average Bonchev–Trinajstić information content (AvgIpc) is 2.99. The molecule has 0 aliphatic rings. The van der Waals surface area contributed by atoms with Crippen LogP contribution < -0.4 is 29.6 Å². The monoisotopic (exact) mass is 546 g/mol. The van der Waals surface area contributed by atoms with Crippen molar-refractivity contribution in [1.82, 2.24) is 10.3 Å². The minimum atomic E-state index is -1.61. The van der Waals surface area contributed by atoms with Crippen LogP contribution in [0.4, 0.5) is 11.4 Å². The Bertz CT molecular complexity index is 1420. The highest BCUT2D eigenvalue weighted by Crippen LogP contribution is 2.32. The molecule has 10 heteroatoms. The van der Waals surface area contributed by atoms with Gasteiger partial charge in [0.05, 0.1) is 38.8 Å². The zero-order valence-corrected chi connectivity index (χ0v) is 22.7. The first kappa shape index (κ1) is 27.6. The second-order valence-corrected chi connectivity index (χ2v) is 9.50. The van der Waals surface area contributed by atoms with Crippen LogP contribution in [0.15, 0.2) is 90.1 Å². The summed E-state index contributed by atoms with van der Waals surface area (Å²) in [5.41, 5.74) is 3.62. The van der Waals surface area contributed by atoms with Crippen LogP contribution in [0.2, 0.25) is 0 Å². The second kappa shape index (κ2) is 13.4. The average molecular weight is 547 g/mol. The third kappa shape index (κ3) is 7.13. The number of ether oxygens (including phenoxy) is 3. The van der Waals surface area contributed by atoms with Gasteiger partial charge < -0.3 is 29.4 Å². The van der Waals surface area contributed by atoms with E-state index >= 15 is 0 Å². The van der Waals surface area contributed by atoms with E-state index in [2.05, 4.69) is 20.3 Å². The van der Waals surface area contributed by atoms with Crippen LogP contribution in [0.3, 0.4) is 0 Å². The Balaban J connectivity index is 1.38. The first-order valence-corrected chi connectivity index (χ1v) is 13.3. The Morgan fingerprint density at radius 3 is 2.41 bits per heavy atom. The third-order valence-electron chi connectivity index (χ3n) is 5.81.